The van der Waals surface area contributed by atoms with Gasteiger partial charge in [0.1, 0.15) is 0 Å². The van der Waals surface area contributed by atoms with E-state index in [1.54, 1.807) is 29.2 Å². The largest absolute Gasteiger partial charge is 0.338 e. The van der Waals surface area contributed by atoms with Gasteiger partial charge < -0.3 is 4.90 Å². The van der Waals surface area contributed by atoms with Crippen LogP contribution >= 0.6 is 28.1 Å². The molecule has 2 aromatic carbocycles. The van der Waals surface area contributed by atoms with Crippen LogP contribution in [0.1, 0.15) is 22.3 Å². The highest BCUT2D eigenvalue weighted by molar-refractivity contribution is 9.10. The van der Waals surface area contributed by atoms with Crippen LogP contribution in [-0.2, 0) is 16.1 Å². The van der Waals surface area contributed by atoms with Gasteiger partial charge in [0.05, 0.1) is 11.5 Å². The maximum Gasteiger partial charge on any atom is 0.258 e. The van der Waals surface area contributed by atoms with Crippen molar-refractivity contribution < 1.29 is 14.4 Å². The van der Waals surface area contributed by atoms with Gasteiger partial charge in [0.2, 0.25) is 11.8 Å². The quantitative estimate of drug-likeness (QED) is 0.466. The monoisotopic (exact) mass is 474 g/mol. The number of nitrogens with zero attached hydrogens (tertiary/aromatic N) is 1. The summed E-state index contributed by atoms with van der Waals surface area (Å²) in [6, 6.07) is 16.5. The average molecular weight is 475 g/mol. The maximum absolute atomic E-state index is 12.4. The highest BCUT2D eigenvalue weighted by Crippen LogP contribution is 2.20. The normalized spacial score (nSPS) is 15.7. The van der Waals surface area contributed by atoms with Gasteiger partial charge in [-0.2, -0.15) is 0 Å². The third-order valence-corrected chi connectivity index (χ3v) is 5.34. The van der Waals surface area contributed by atoms with E-state index in [0.29, 0.717) is 23.1 Å². The van der Waals surface area contributed by atoms with Crippen LogP contribution in [0, 0.1) is 5.92 Å². The van der Waals surface area contributed by atoms with Gasteiger partial charge in [0.25, 0.3) is 5.91 Å². The van der Waals surface area contributed by atoms with Gasteiger partial charge >= 0.3 is 0 Å². The number of hydrogen-bond acceptors (Lipinski definition) is 4. The van der Waals surface area contributed by atoms with Gasteiger partial charge in [-0.3, -0.25) is 30.6 Å². The predicted molar refractivity (Wildman–Crippen MR) is 115 cm³/mol. The molecular weight excluding hydrogens is 456 g/mol. The standard InChI is InChI=1S/C20H19BrN4O3S/c21-16-9-5-4-8-15(16)19(28)22-20(29)24-23-18(27)14-10-17(26)25(12-14)11-13-6-2-1-3-7-13/h1-9,14H,10-12H2,(H,23,27)(H2,22,24,28,29). The Morgan fingerprint density at radius 2 is 1.76 bits per heavy atom. The summed E-state index contributed by atoms with van der Waals surface area (Å²) in [7, 11) is 0. The minimum Gasteiger partial charge on any atom is -0.338 e. The molecule has 29 heavy (non-hydrogen) atoms. The average Bonchev–Trinajstić information content (AvgIpc) is 3.07. The van der Waals surface area contributed by atoms with Crippen LogP contribution in [0.5, 0.6) is 0 Å². The van der Waals surface area contributed by atoms with Crippen LogP contribution in [-0.4, -0.2) is 34.3 Å². The first-order chi connectivity index (χ1) is 13.9. The maximum atomic E-state index is 12.4. The van der Waals surface area contributed by atoms with Crippen LogP contribution in [0.2, 0.25) is 0 Å². The second-order valence-electron chi connectivity index (χ2n) is 6.54. The molecule has 0 radical (unpaired) electrons. The third kappa shape index (κ3) is 5.61. The Bertz CT molecular complexity index is 938. The molecule has 2 aromatic rings. The number of amides is 3. The Labute approximate surface area is 181 Å². The van der Waals surface area contributed by atoms with E-state index in [9.17, 15) is 14.4 Å². The first kappa shape index (κ1) is 20.9. The molecule has 0 aliphatic carbocycles. The molecule has 1 fully saturated rings. The summed E-state index contributed by atoms with van der Waals surface area (Å²) in [4.78, 5) is 38.4. The molecule has 0 aromatic heterocycles. The molecule has 1 saturated heterocycles. The van der Waals surface area contributed by atoms with Crippen LogP contribution in [0.3, 0.4) is 0 Å². The van der Waals surface area contributed by atoms with Gasteiger partial charge in [0.15, 0.2) is 5.11 Å². The predicted octanol–water partition coefficient (Wildman–Crippen LogP) is 2.13. The molecule has 1 aliphatic rings. The van der Waals surface area contributed by atoms with E-state index in [-0.39, 0.29) is 23.3 Å². The van der Waals surface area contributed by atoms with Crippen molar-refractivity contribution in [1.29, 1.82) is 0 Å². The van der Waals surface area contributed by atoms with Crippen molar-refractivity contribution in [3.8, 4) is 0 Å². The van der Waals surface area contributed by atoms with Crippen molar-refractivity contribution in [2.45, 2.75) is 13.0 Å². The molecule has 1 heterocycles. The lowest BCUT2D eigenvalue weighted by atomic mass is 10.1. The lowest BCUT2D eigenvalue weighted by Crippen LogP contribution is -2.50. The van der Waals surface area contributed by atoms with E-state index in [1.807, 2.05) is 30.3 Å². The van der Waals surface area contributed by atoms with Crippen molar-refractivity contribution in [3.05, 3.63) is 70.2 Å². The molecule has 1 atom stereocenters. The number of carbonyl (C=O) groups is 3. The zero-order valence-electron chi connectivity index (χ0n) is 15.4. The number of hydrazine groups is 1. The number of benzene rings is 2. The summed E-state index contributed by atoms with van der Waals surface area (Å²) >= 11 is 8.35. The van der Waals surface area contributed by atoms with Crippen molar-refractivity contribution >= 4 is 51.0 Å². The number of hydrogen-bond donors (Lipinski definition) is 3. The van der Waals surface area contributed by atoms with Crippen molar-refractivity contribution in [3.63, 3.8) is 0 Å². The number of carbonyl (C=O) groups excluding carboxylic acids is 3. The molecule has 150 valence electrons. The van der Waals surface area contributed by atoms with E-state index in [2.05, 4.69) is 32.1 Å². The van der Waals surface area contributed by atoms with Crippen molar-refractivity contribution in [2.75, 3.05) is 6.54 Å². The highest BCUT2D eigenvalue weighted by Gasteiger charge is 2.34. The summed E-state index contributed by atoms with van der Waals surface area (Å²) < 4.78 is 0.632. The second-order valence-corrected chi connectivity index (χ2v) is 7.80. The van der Waals surface area contributed by atoms with Crippen LogP contribution in [0.25, 0.3) is 0 Å². The SMILES string of the molecule is O=C(NC(=S)NNC(=O)C1CC(=O)N(Cc2ccccc2)C1)c1ccccc1Br. The molecule has 3 N–H and O–H groups in total. The van der Waals surface area contributed by atoms with Crippen molar-refractivity contribution in [2.24, 2.45) is 5.92 Å². The van der Waals surface area contributed by atoms with E-state index in [0.717, 1.165) is 5.56 Å². The molecule has 3 amide bonds. The lowest BCUT2D eigenvalue weighted by Gasteiger charge is -2.17. The first-order valence-corrected chi connectivity index (χ1v) is 10.1. The topological polar surface area (TPSA) is 90.5 Å². The van der Waals surface area contributed by atoms with E-state index >= 15 is 0 Å². The first-order valence-electron chi connectivity index (χ1n) is 8.91. The smallest absolute Gasteiger partial charge is 0.258 e. The Kier molecular flexibility index (Phi) is 6.95. The fourth-order valence-electron chi connectivity index (χ4n) is 2.97. The Morgan fingerprint density at radius 3 is 2.48 bits per heavy atom. The Hall–Kier alpha value is -2.78. The third-order valence-electron chi connectivity index (χ3n) is 4.45. The molecule has 3 rings (SSSR count). The van der Waals surface area contributed by atoms with Gasteiger partial charge in [-0.25, -0.2) is 0 Å². The van der Waals surface area contributed by atoms with E-state index in [4.69, 9.17) is 12.2 Å². The number of likely N-dealkylation sites (tertiary alicyclic amines) is 1. The molecule has 0 saturated carbocycles. The minimum atomic E-state index is -0.486. The zero-order chi connectivity index (χ0) is 20.8. The molecule has 7 nitrogen and oxygen atoms in total. The van der Waals surface area contributed by atoms with E-state index in [1.165, 1.54) is 0 Å². The van der Waals surface area contributed by atoms with Gasteiger partial charge in [-0.05, 0) is 45.8 Å². The summed E-state index contributed by atoms with van der Waals surface area (Å²) in [5, 5.41) is 2.46. The minimum absolute atomic E-state index is 0.0374. The Morgan fingerprint density at radius 1 is 1.07 bits per heavy atom. The Balaban J connectivity index is 1.47. The summed E-state index contributed by atoms with van der Waals surface area (Å²) in [6.45, 7) is 0.800. The molecular formula is C20H19BrN4O3S. The van der Waals surface area contributed by atoms with Crippen LogP contribution < -0.4 is 16.2 Å². The summed E-state index contributed by atoms with van der Waals surface area (Å²) in [5.74, 6) is -1.32. The van der Waals surface area contributed by atoms with Crippen molar-refractivity contribution in [1.82, 2.24) is 21.1 Å². The number of nitrogens with one attached hydrogen (secondary N) is 3. The number of thiocarbonyl (C=S) groups is 1. The van der Waals surface area contributed by atoms with Gasteiger partial charge in [0, 0.05) is 24.0 Å². The fourth-order valence-corrected chi connectivity index (χ4v) is 3.58. The summed E-state index contributed by atoms with van der Waals surface area (Å²) in [5.41, 5.74) is 6.41. The number of rotatable bonds is 4. The highest BCUT2D eigenvalue weighted by atomic mass is 79.9. The van der Waals surface area contributed by atoms with Gasteiger partial charge in [-0.15, -0.1) is 0 Å². The second kappa shape index (κ2) is 9.62. The van der Waals surface area contributed by atoms with Gasteiger partial charge in [-0.1, -0.05) is 42.5 Å². The van der Waals surface area contributed by atoms with E-state index < -0.39 is 11.8 Å². The number of halogens is 1. The molecule has 0 spiro atoms. The van der Waals surface area contributed by atoms with Crippen LogP contribution in [0.4, 0.5) is 0 Å². The van der Waals surface area contributed by atoms with Crippen LogP contribution in [0.15, 0.2) is 59.1 Å². The molecule has 0 bridgehead atoms. The molecule has 1 unspecified atom stereocenters. The molecule has 9 heteroatoms. The molecule has 1 aliphatic heterocycles. The zero-order valence-corrected chi connectivity index (χ0v) is 17.8. The lowest BCUT2D eigenvalue weighted by molar-refractivity contribution is -0.129. The fraction of sp³-hybridized carbons (Fsp3) is 0.200. The summed E-state index contributed by atoms with van der Waals surface area (Å²) in [6.07, 6.45) is 0.135.